The van der Waals surface area contributed by atoms with Gasteiger partial charge in [-0.05, 0) is 35.7 Å². The largest absolute Gasteiger partial charge is 0.352 e. The summed E-state index contributed by atoms with van der Waals surface area (Å²) < 4.78 is 26.7. The summed E-state index contributed by atoms with van der Waals surface area (Å²) in [5, 5.41) is 6.52. The predicted molar refractivity (Wildman–Crippen MR) is 60.8 cm³/mol. The van der Waals surface area contributed by atoms with Crippen LogP contribution in [0.1, 0.15) is 30.7 Å². The van der Waals surface area contributed by atoms with Gasteiger partial charge in [0.2, 0.25) is 5.91 Å². The van der Waals surface area contributed by atoms with Crippen LogP contribution >= 0.6 is 15.9 Å². The van der Waals surface area contributed by atoms with Crippen molar-refractivity contribution in [1.29, 1.82) is 0 Å². The molecule has 0 radical (unpaired) electrons. The smallest absolute Gasteiger partial charge is 0.283 e. The van der Waals surface area contributed by atoms with Crippen LogP contribution in [-0.2, 0) is 11.3 Å². The molecule has 94 valence electrons. The van der Waals surface area contributed by atoms with Gasteiger partial charge in [0.05, 0.1) is 10.2 Å². The predicted octanol–water partition coefficient (Wildman–Crippen LogP) is 2.17. The van der Waals surface area contributed by atoms with Crippen molar-refractivity contribution in [2.75, 3.05) is 0 Å². The zero-order valence-corrected chi connectivity index (χ0v) is 10.8. The van der Waals surface area contributed by atoms with Crippen molar-refractivity contribution in [3.8, 4) is 0 Å². The molecule has 1 saturated carbocycles. The van der Waals surface area contributed by atoms with Crippen molar-refractivity contribution in [3.05, 3.63) is 15.9 Å². The summed E-state index contributed by atoms with van der Waals surface area (Å²) in [5.74, 6) is -0.189. The van der Waals surface area contributed by atoms with E-state index in [9.17, 15) is 13.6 Å². The van der Waals surface area contributed by atoms with Crippen LogP contribution in [0.3, 0.4) is 0 Å². The third-order valence-corrected chi connectivity index (χ3v) is 3.58. The monoisotopic (exact) mass is 307 g/mol. The Kier molecular flexibility index (Phi) is 3.46. The molecule has 0 unspecified atom stereocenters. The third kappa shape index (κ3) is 2.83. The van der Waals surface area contributed by atoms with Crippen LogP contribution in [0.5, 0.6) is 0 Å². The highest BCUT2D eigenvalue weighted by Crippen LogP contribution is 2.29. The molecule has 1 N–H and O–H groups in total. The van der Waals surface area contributed by atoms with Gasteiger partial charge in [-0.3, -0.25) is 9.48 Å². The Morgan fingerprint density at radius 3 is 2.76 bits per heavy atom. The third-order valence-electron chi connectivity index (χ3n) is 2.60. The fourth-order valence-electron chi connectivity index (χ4n) is 1.48. The summed E-state index contributed by atoms with van der Waals surface area (Å²) in [6.45, 7) is 1.63. The lowest BCUT2D eigenvalue weighted by molar-refractivity contribution is -0.122. The van der Waals surface area contributed by atoms with E-state index < -0.39 is 6.43 Å². The lowest BCUT2D eigenvalue weighted by Gasteiger charge is -2.05. The highest BCUT2D eigenvalue weighted by molar-refractivity contribution is 9.10. The van der Waals surface area contributed by atoms with Crippen LogP contribution < -0.4 is 5.32 Å². The van der Waals surface area contributed by atoms with E-state index in [0.717, 1.165) is 12.8 Å². The summed E-state index contributed by atoms with van der Waals surface area (Å²) in [5.41, 5.74) is 0.216. The number of carbonyl (C=O) groups is 1. The van der Waals surface area contributed by atoms with Crippen molar-refractivity contribution in [3.63, 3.8) is 0 Å². The highest BCUT2D eigenvalue weighted by atomic mass is 79.9. The standard InChI is InChI=1S/C10H12BrF2N3O/c1-5-8(11)9(10(12)13)15-16(5)4-7(17)14-6-2-3-6/h6,10H,2-4H2,1H3,(H,14,17). The van der Waals surface area contributed by atoms with Crippen LogP contribution in [-0.4, -0.2) is 21.7 Å². The molecule has 1 amide bonds. The van der Waals surface area contributed by atoms with E-state index in [1.165, 1.54) is 4.68 Å². The quantitative estimate of drug-likeness (QED) is 0.926. The number of aromatic nitrogens is 2. The molecule has 1 aliphatic rings. The van der Waals surface area contributed by atoms with E-state index >= 15 is 0 Å². The second-order valence-electron chi connectivity index (χ2n) is 4.08. The number of carbonyl (C=O) groups excluding carboxylic acids is 1. The van der Waals surface area contributed by atoms with E-state index in [-0.39, 0.29) is 28.7 Å². The first-order chi connectivity index (χ1) is 7.99. The Hall–Kier alpha value is -0.980. The van der Waals surface area contributed by atoms with E-state index in [0.29, 0.717) is 5.69 Å². The zero-order chi connectivity index (χ0) is 12.6. The Balaban J connectivity index is 2.09. The van der Waals surface area contributed by atoms with Gasteiger partial charge in [0.1, 0.15) is 12.2 Å². The Morgan fingerprint density at radius 1 is 1.65 bits per heavy atom. The number of nitrogens with zero attached hydrogens (tertiary/aromatic N) is 2. The number of hydrogen-bond donors (Lipinski definition) is 1. The van der Waals surface area contributed by atoms with Crippen molar-refractivity contribution in [1.82, 2.24) is 15.1 Å². The van der Waals surface area contributed by atoms with Crippen LogP contribution in [0.2, 0.25) is 0 Å². The molecular formula is C10H12BrF2N3O. The number of halogens is 3. The van der Waals surface area contributed by atoms with E-state index in [2.05, 4.69) is 26.3 Å². The van der Waals surface area contributed by atoms with Gasteiger partial charge < -0.3 is 5.32 Å². The molecule has 0 bridgehead atoms. The minimum atomic E-state index is -2.64. The van der Waals surface area contributed by atoms with Crippen LogP contribution in [0.25, 0.3) is 0 Å². The molecule has 0 spiro atoms. The average molecular weight is 308 g/mol. The molecule has 0 aliphatic heterocycles. The fourth-order valence-corrected chi connectivity index (χ4v) is 1.94. The van der Waals surface area contributed by atoms with Gasteiger partial charge in [-0.25, -0.2) is 8.78 Å². The first-order valence-corrected chi connectivity index (χ1v) is 6.08. The molecule has 2 rings (SSSR count). The summed E-state index contributed by atoms with van der Waals surface area (Å²) in [6, 6.07) is 0.261. The molecule has 1 heterocycles. The maximum absolute atomic E-state index is 12.6. The molecule has 7 heteroatoms. The number of hydrogen-bond acceptors (Lipinski definition) is 2. The number of amides is 1. The second-order valence-corrected chi connectivity index (χ2v) is 4.88. The Morgan fingerprint density at radius 2 is 2.29 bits per heavy atom. The SMILES string of the molecule is Cc1c(Br)c(C(F)F)nn1CC(=O)NC1CC1. The maximum atomic E-state index is 12.6. The van der Waals surface area contributed by atoms with Crippen molar-refractivity contribution in [2.45, 2.75) is 38.8 Å². The Bertz CT molecular complexity index is 443. The van der Waals surface area contributed by atoms with Gasteiger partial charge in [-0.15, -0.1) is 0 Å². The summed E-state index contributed by atoms with van der Waals surface area (Å²) in [7, 11) is 0. The van der Waals surface area contributed by atoms with Gasteiger partial charge in [0, 0.05) is 6.04 Å². The highest BCUT2D eigenvalue weighted by Gasteiger charge is 2.25. The van der Waals surface area contributed by atoms with Crippen molar-refractivity contribution >= 4 is 21.8 Å². The van der Waals surface area contributed by atoms with Gasteiger partial charge in [-0.2, -0.15) is 5.10 Å². The van der Waals surface area contributed by atoms with E-state index in [1.54, 1.807) is 6.92 Å². The first-order valence-electron chi connectivity index (χ1n) is 5.29. The van der Waals surface area contributed by atoms with Gasteiger partial charge in [0.25, 0.3) is 6.43 Å². The lowest BCUT2D eigenvalue weighted by atomic mass is 10.4. The molecule has 1 aliphatic carbocycles. The van der Waals surface area contributed by atoms with Gasteiger partial charge >= 0.3 is 0 Å². The minimum Gasteiger partial charge on any atom is -0.352 e. The summed E-state index contributed by atoms with van der Waals surface area (Å²) >= 11 is 3.06. The summed E-state index contributed by atoms with van der Waals surface area (Å²) in [6.07, 6.45) is -0.651. The maximum Gasteiger partial charge on any atom is 0.283 e. The Labute approximate surface area is 105 Å². The molecule has 1 fully saturated rings. The van der Waals surface area contributed by atoms with Crippen LogP contribution in [0.4, 0.5) is 8.78 Å². The number of alkyl halides is 2. The molecule has 1 aromatic heterocycles. The van der Waals surface area contributed by atoms with Crippen molar-refractivity contribution in [2.24, 2.45) is 0 Å². The average Bonchev–Trinajstić information content (AvgIpc) is 3.00. The van der Waals surface area contributed by atoms with Crippen molar-refractivity contribution < 1.29 is 13.6 Å². The number of nitrogens with one attached hydrogen (secondary N) is 1. The minimum absolute atomic E-state index is 0.0202. The zero-order valence-electron chi connectivity index (χ0n) is 9.21. The molecule has 4 nitrogen and oxygen atoms in total. The fraction of sp³-hybridized carbons (Fsp3) is 0.600. The lowest BCUT2D eigenvalue weighted by Crippen LogP contribution is -2.30. The van der Waals surface area contributed by atoms with Gasteiger partial charge in [0.15, 0.2) is 0 Å². The normalized spacial score (nSPS) is 15.4. The summed E-state index contributed by atoms with van der Waals surface area (Å²) in [4.78, 5) is 11.5. The molecule has 0 saturated heterocycles. The molecule has 1 aromatic rings. The topological polar surface area (TPSA) is 46.9 Å². The first kappa shape index (κ1) is 12.5. The van der Waals surface area contributed by atoms with Crippen LogP contribution in [0, 0.1) is 6.92 Å². The molecule has 17 heavy (non-hydrogen) atoms. The molecule has 0 aromatic carbocycles. The van der Waals surface area contributed by atoms with Crippen LogP contribution in [0.15, 0.2) is 4.47 Å². The van der Waals surface area contributed by atoms with E-state index in [1.807, 2.05) is 0 Å². The molecule has 0 atom stereocenters. The number of rotatable bonds is 4. The molecular weight excluding hydrogens is 296 g/mol. The second kappa shape index (κ2) is 4.72. The van der Waals surface area contributed by atoms with Gasteiger partial charge in [-0.1, -0.05) is 0 Å². The van der Waals surface area contributed by atoms with E-state index in [4.69, 9.17) is 0 Å².